The average Bonchev–Trinajstić information content (AvgIpc) is 2.64. The SMILES string of the molecule is COc1cccc(F)c1-c1ncc(C)o1. The lowest BCUT2D eigenvalue weighted by Crippen LogP contribution is -1.91. The largest absolute Gasteiger partial charge is 0.496 e. The summed E-state index contributed by atoms with van der Waals surface area (Å²) < 4.78 is 23.9. The lowest BCUT2D eigenvalue weighted by Gasteiger charge is -2.05. The molecule has 0 radical (unpaired) electrons. The first-order chi connectivity index (χ1) is 7.22. The number of hydrogen-bond donors (Lipinski definition) is 0. The molecule has 0 spiro atoms. The van der Waals surface area contributed by atoms with Crippen LogP contribution in [0.15, 0.2) is 28.8 Å². The number of nitrogens with zero attached hydrogens (tertiary/aromatic N) is 1. The Morgan fingerprint density at radius 2 is 2.20 bits per heavy atom. The quantitative estimate of drug-likeness (QED) is 0.759. The highest BCUT2D eigenvalue weighted by atomic mass is 19.1. The van der Waals surface area contributed by atoms with E-state index in [0.29, 0.717) is 11.5 Å². The van der Waals surface area contributed by atoms with Crippen LogP contribution in [0.5, 0.6) is 5.75 Å². The Labute approximate surface area is 86.5 Å². The van der Waals surface area contributed by atoms with Crippen LogP contribution >= 0.6 is 0 Å². The Balaban J connectivity index is 2.60. The van der Waals surface area contributed by atoms with E-state index in [1.54, 1.807) is 25.3 Å². The molecular weight excluding hydrogens is 197 g/mol. The van der Waals surface area contributed by atoms with Gasteiger partial charge in [-0.2, -0.15) is 0 Å². The highest BCUT2D eigenvalue weighted by molar-refractivity contribution is 5.63. The zero-order valence-corrected chi connectivity index (χ0v) is 8.45. The molecule has 0 fully saturated rings. The molecule has 0 N–H and O–H groups in total. The molecule has 2 rings (SSSR count). The van der Waals surface area contributed by atoms with Crippen LogP contribution in [0.1, 0.15) is 5.76 Å². The summed E-state index contributed by atoms with van der Waals surface area (Å²) in [7, 11) is 1.48. The fraction of sp³-hybridized carbons (Fsp3) is 0.182. The Morgan fingerprint density at radius 1 is 1.40 bits per heavy atom. The molecule has 0 bridgehead atoms. The normalized spacial score (nSPS) is 10.3. The second-order valence-corrected chi connectivity index (χ2v) is 3.09. The third-order valence-corrected chi connectivity index (χ3v) is 2.03. The topological polar surface area (TPSA) is 35.3 Å². The summed E-state index contributed by atoms with van der Waals surface area (Å²) in [5.41, 5.74) is 0.258. The molecule has 1 aromatic carbocycles. The fourth-order valence-electron chi connectivity index (χ4n) is 1.35. The number of halogens is 1. The van der Waals surface area contributed by atoms with Crippen LogP contribution in [0.2, 0.25) is 0 Å². The number of hydrogen-bond acceptors (Lipinski definition) is 3. The number of methoxy groups -OCH3 is 1. The van der Waals surface area contributed by atoms with Gasteiger partial charge >= 0.3 is 0 Å². The number of aromatic nitrogens is 1. The molecule has 0 saturated carbocycles. The van der Waals surface area contributed by atoms with E-state index in [9.17, 15) is 4.39 Å². The van der Waals surface area contributed by atoms with Gasteiger partial charge in [-0.3, -0.25) is 0 Å². The lowest BCUT2D eigenvalue weighted by molar-refractivity contribution is 0.410. The second-order valence-electron chi connectivity index (χ2n) is 3.09. The van der Waals surface area contributed by atoms with Crippen LogP contribution in [-0.2, 0) is 0 Å². The van der Waals surface area contributed by atoms with Gasteiger partial charge < -0.3 is 9.15 Å². The minimum Gasteiger partial charge on any atom is -0.496 e. The molecule has 0 aliphatic carbocycles. The maximum absolute atomic E-state index is 13.6. The first-order valence-corrected chi connectivity index (χ1v) is 4.47. The van der Waals surface area contributed by atoms with Crippen molar-refractivity contribution >= 4 is 0 Å². The van der Waals surface area contributed by atoms with Crippen molar-refractivity contribution in [2.24, 2.45) is 0 Å². The van der Waals surface area contributed by atoms with Gasteiger partial charge in [-0.05, 0) is 19.1 Å². The first-order valence-electron chi connectivity index (χ1n) is 4.47. The summed E-state index contributed by atoms with van der Waals surface area (Å²) in [4.78, 5) is 3.97. The van der Waals surface area contributed by atoms with Gasteiger partial charge in [0, 0.05) is 0 Å². The summed E-state index contributed by atoms with van der Waals surface area (Å²) in [5.74, 6) is 0.880. The molecule has 0 unspecified atom stereocenters. The molecule has 0 saturated heterocycles. The molecule has 1 heterocycles. The zero-order chi connectivity index (χ0) is 10.8. The van der Waals surface area contributed by atoms with Crippen LogP contribution in [0, 0.1) is 12.7 Å². The molecule has 3 nitrogen and oxygen atoms in total. The molecule has 0 aliphatic rings. The Bertz CT molecular complexity index is 479. The standard InChI is InChI=1S/C11H10FNO2/c1-7-6-13-11(15-7)10-8(12)4-3-5-9(10)14-2/h3-6H,1-2H3. The average molecular weight is 207 g/mol. The predicted octanol–water partition coefficient (Wildman–Crippen LogP) is 2.80. The van der Waals surface area contributed by atoms with E-state index in [4.69, 9.17) is 9.15 Å². The van der Waals surface area contributed by atoms with Crippen molar-refractivity contribution in [3.05, 3.63) is 36.0 Å². The summed E-state index contributed by atoms with van der Waals surface area (Å²) in [6, 6.07) is 4.59. The second kappa shape index (κ2) is 3.73. The van der Waals surface area contributed by atoms with Crippen molar-refractivity contribution in [2.75, 3.05) is 7.11 Å². The van der Waals surface area contributed by atoms with Crippen molar-refractivity contribution < 1.29 is 13.5 Å². The summed E-state index contributed by atoms with van der Waals surface area (Å²) in [6.45, 7) is 1.75. The third-order valence-electron chi connectivity index (χ3n) is 2.03. The van der Waals surface area contributed by atoms with Gasteiger partial charge in [-0.1, -0.05) is 6.07 Å². The number of aryl methyl sites for hydroxylation is 1. The van der Waals surface area contributed by atoms with Crippen molar-refractivity contribution in [1.29, 1.82) is 0 Å². The Kier molecular flexibility index (Phi) is 2.41. The monoisotopic (exact) mass is 207 g/mol. The van der Waals surface area contributed by atoms with Gasteiger partial charge in [0.2, 0.25) is 5.89 Å². The molecule has 0 aliphatic heterocycles. The summed E-state index contributed by atoms with van der Waals surface area (Å²) >= 11 is 0. The third kappa shape index (κ3) is 1.70. The van der Waals surface area contributed by atoms with Crippen LogP contribution in [-0.4, -0.2) is 12.1 Å². The molecule has 4 heteroatoms. The molecule has 2 aromatic rings. The molecular formula is C11H10FNO2. The number of benzene rings is 1. The van der Waals surface area contributed by atoms with Crippen molar-refractivity contribution in [3.63, 3.8) is 0 Å². The highest BCUT2D eigenvalue weighted by Gasteiger charge is 2.15. The van der Waals surface area contributed by atoms with Crippen LogP contribution in [0.3, 0.4) is 0 Å². The molecule has 78 valence electrons. The molecule has 15 heavy (non-hydrogen) atoms. The zero-order valence-electron chi connectivity index (χ0n) is 8.45. The van der Waals surface area contributed by atoms with E-state index in [1.807, 2.05) is 0 Å². The van der Waals surface area contributed by atoms with Gasteiger partial charge in [0.15, 0.2) is 0 Å². The van der Waals surface area contributed by atoms with Gasteiger partial charge in [0.1, 0.15) is 22.9 Å². The Hall–Kier alpha value is -1.84. The van der Waals surface area contributed by atoms with Crippen LogP contribution < -0.4 is 4.74 Å². The Morgan fingerprint density at radius 3 is 2.80 bits per heavy atom. The number of oxazole rings is 1. The van der Waals surface area contributed by atoms with Crippen LogP contribution in [0.25, 0.3) is 11.5 Å². The maximum Gasteiger partial charge on any atom is 0.232 e. The van der Waals surface area contributed by atoms with E-state index in [1.165, 1.54) is 13.2 Å². The highest BCUT2D eigenvalue weighted by Crippen LogP contribution is 2.31. The number of rotatable bonds is 2. The molecule has 0 amide bonds. The maximum atomic E-state index is 13.6. The predicted molar refractivity (Wildman–Crippen MR) is 53.2 cm³/mol. The van der Waals surface area contributed by atoms with E-state index >= 15 is 0 Å². The summed E-state index contributed by atoms with van der Waals surface area (Å²) in [5, 5.41) is 0. The fourth-order valence-corrected chi connectivity index (χ4v) is 1.35. The smallest absolute Gasteiger partial charge is 0.232 e. The van der Waals surface area contributed by atoms with Gasteiger partial charge in [-0.15, -0.1) is 0 Å². The van der Waals surface area contributed by atoms with Crippen molar-refractivity contribution in [3.8, 4) is 17.2 Å². The first kappa shape index (κ1) is 9.71. The van der Waals surface area contributed by atoms with E-state index < -0.39 is 5.82 Å². The van der Waals surface area contributed by atoms with E-state index in [2.05, 4.69) is 4.98 Å². The number of ether oxygens (including phenoxy) is 1. The van der Waals surface area contributed by atoms with E-state index in [0.717, 1.165) is 0 Å². The summed E-state index contributed by atoms with van der Waals surface area (Å²) in [6.07, 6.45) is 1.54. The molecule has 0 atom stereocenters. The van der Waals surface area contributed by atoms with Gasteiger partial charge in [-0.25, -0.2) is 9.37 Å². The van der Waals surface area contributed by atoms with Crippen LogP contribution in [0.4, 0.5) is 4.39 Å². The van der Waals surface area contributed by atoms with Gasteiger partial charge in [0.25, 0.3) is 0 Å². The van der Waals surface area contributed by atoms with Crippen molar-refractivity contribution in [1.82, 2.24) is 4.98 Å². The minimum absolute atomic E-state index is 0.238. The van der Waals surface area contributed by atoms with Crippen molar-refractivity contribution in [2.45, 2.75) is 6.92 Å². The minimum atomic E-state index is -0.406. The van der Waals surface area contributed by atoms with E-state index in [-0.39, 0.29) is 11.5 Å². The molecule has 1 aromatic heterocycles. The lowest BCUT2D eigenvalue weighted by atomic mass is 10.2. The van der Waals surface area contributed by atoms with Gasteiger partial charge in [0.05, 0.1) is 13.3 Å².